The van der Waals surface area contributed by atoms with Crippen molar-refractivity contribution in [2.45, 2.75) is 12.5 Å². The van der Waals surface area contributed by atoms with Crippen molar-refractivity contribution in [3.05, 3.63) is 64.8 Å². The molecule has 0 aliphatic heterocycles. The highest BCUT2D eigenvalue weighted by atomic mass is 32.1. The maximum atomic E-state index is 8.95. The summed E-state index contributed by atoms with van der Waals surface area (Å²) in [5.41, 5.74) is 0. The first-order valence-electron chi connectivity index (χ1n) is 8.36. The van der Waals surface area contributed by atoms with Crippen molar-refractivity contribution in [3.63, 3.8) is 0 Å². The Hall–Kier alpha value is -1.84. The van der Waals surface area contributed by atoms with Crippen molar-refractivity contribution >= 4 is 22.1 Å². The summed E-state index contributed by atoms with van der Waals surface area (Å²) < 4.78 is 23.2. The Labute approximate surface area is 138 Å². The molecule has 0 radical (unpaired) electrons. The molecule has 0 aliphatic rings. The van der Waals surface area contributed by atoms with Crippen LogP contribution in [-0.4, -0.2) is 25.5 Å². The zero-order valence-corrected chi connectivity index (χ0v) is 13.7. The van der Waals surface area contributed by atoms with E-state index >= 15 is 0 Å². The molecule has 0 saturated heterocycles. The first-order chi connectivity index (χ1) is 11.5. The second kappa shape index (κ2) is 6.95. The molecule has 0 N–H and O–H groups in total. The molecule has 0 fully saturated rings. The second-order valence-corrected chi connectivity index (χ2v) is 6.39. The lowest BCUT2D eigenvalue weighted by atomic mass is 10.1. The lowest BCUT2D eigenvalue weighted by Crippen LogP contribution is -2.18. The minimum Gasteiger partial charge on any atom is -0.484 e. The Kier molecular flexibility index (Phi) is 4.00. The smallest absolute Gasteiger partial charge is 0.134 e. The highest BCUT2D eigenvalue weighted by Crippen LogP contribution is 2.32. The predicted octanol–water partition coefficient (Wildman–Crippen LogP) is 4.97. The van der Waals surface area contributed by atoms with E-state index < -0.39 is 6.08 Å². The van der Waals surface area contributed by atoms with Gasteiger partial charge in [0.25, 0.3) is 0 Å². The molecular weight excluding hydrogens is 290 g/mol. The second-order valence-electron chi connectivity index (χ2n) is 5.44. The maximum Gasteiger partial charge on any atom is 0.134 e. The highest BCUT2D eigenvalue weighted by Gasteiger charge is 2.16. The van der Waals surface area contributed by atoms with Gasteiger partial charge in [0.05, 0.1) is 2.74 Å². The van der Waals surface area contributed by atoms with E-state index in [1.807, 2.05) is 55.9 Å². The van der Waals surface area contributed by atoms with Crippen LogP contribution in [0.25, 0.3) is 10.8 Å². The van der Waals surface area contributed by atoms with E-state index in [9.17, 15) is 0 Å². The maximum absolute atomic E-state index is 8.95. The Morgan fingerprint density at radius 2 is 2.05 bits per heavy atom. The van der Waals surface area contributed by atoms with E-state index in [1.165, 1.54) is 0 Å². The molecule has 0 bridgehead atoms. The number of fused-ring (bicyclic) bond motifs is 1. The first kappa shape index (κ1) is 12.7. The van der Waals surface area contributed by atoms with Gasteiger partial charge in [-0.2, -0.15) is 0 Å². The van der Waals surface area contributed by atoms with E-state index in [4.69, 9.17) is 7.48 Å². The van der Waals surface area contributed by atoms with Crippen LogP contribution in [0.5, 0.6) is 5.75 Å². The van der Waals surface area contributed by atoms with E-state index in [0.717, 1.165) is 22.2 Å². The molecule has 22 heavy (non-hydrogen) atoms. The van der Waals surface area contributed by atoms with Crippen LogP contribution in [0.2, 0.25) is 0 Å². The van der Waals surface area contributed by atoms with Crippen molar-refractivity contribution in [1.82, 2.24) is 4.90 Å². The zero-order valence-electron chi connectivity index (χ0n) is 14.9. The minimum atomic E-state index is -1.13. The van der Waals surface area contributed by atoms with Crippen LogP contribution >= 0.6 is 11.3 Å². The number of nitrogens with zero attached hydrogens (tertiary/aromatic N) is 1. The van der Waals surface area contributed by atoms with Gasteiger partial charge in [-0.05, 0) is 37.0 Å². The fraction of sp³-hybridized carbons (Fsp3) is 0.263. The van der Waals surface area contributed by atoms with Crippen molar-refractivity contribution in [3.8, 4) is 5.75 Å². The van der Waals surface area contributed by atoms with Gasteiger partial charge in [-0.15, -0.1) is 11.3 Å². The third kappa shape index (κ3) is 3.49. The Morgan fingerprint density at radius 3 is 2.82 bits per heavy atom. The van der Waals surface area contributed by atoms with Gasteiger partial charge in [-0.3, -0.25) is 0 Å². The lowest BCUT2D eigenvalue weighted by Gasteiger charge is -2.21. The van der Waals surface area contributed by atoms with Gasteiger partial charge in [0, 0.05) is 23.2 Å². The van der Waals surface area contributed by atoms with Gasteiger partial charge in [0.2, 0.25) is 0 Å². The molecule has 1 heterocycles. The summed E-state index contributed by atoms with van der Waals surface area (Å²) in [5, 5.41) is 3.70. The number of hydrogen-bond acceptors (Lipinski definition) is 3. The molecule has 0 spiro atoms. The summed E-state index contributed by atoms with van der Waals surface area (Å²) in [7, 11) is 4.00. The normalized spacial score (nSPS) is 15.4. The van der Waals surface area contributed by atoms with Crippen molar-refractivity contribution < 1.29 is 7.48 Å². The molecule has 3 aromatic rings. The fourth-order valence-electron chi connectivity index (χ4n) is 2.33. The summed E-state index contributed by atoms with van der Waals surface area (Å²) in [6.45, 7) is 0.760. The lowest BCUT2D eigenvalue weighted by molar-refractivity contribution is 0.185. The highest BCUT2D eigenvalue weighted by molar-refractivity contribution is 7.10. The number of rotatable bonds is 6. The molecule has 1 unspecified atom stereocenters. The Morgan fingerprint density at radius 1 is 1.18 bits per heavy atom. The number of benzene rings is 2. The molecule has 2 nitrogen and oxygen atoms in total. The van der Waals surface area contributed by atoms with Gasteiger partial charge in [-0.25, -0.2) is 0 Å². The number of hydrogen-bond donors (Lipinski definition) is 0. The minimum absolute atomic E-state index is 0.470. The first-order valence-corrected chi connectivity index (χ1v) is 8.24. The molecule has 2 aromatic carbocycles. The molecule has 0 saturated carbocycles. The SMILES string of the molecule is [2H]c1ccc(OC([2H])(CCN(C)C)c2cccs2)c2ccccc12. The van der Waals surface area contributed by atoms with Crippen LogP contribution in [0.4, 0.5) is 0 Å². The fourth-order valence-corrected chi connectivity index (χ4v) is 3.07. The summed E-state index contributed by atoms with van der Waals surface area (Å²) in [6.07, 6.45) is -0.567. The molecule has 0 aliphatic carbocycles. The molecule has 1 atom stereocenters. The summed E-state index contributed by atoms with van der Waals surface area (Å²) >= 11 is 1.54. The number of thiophene rings is 1. The van der Waals surface area contributed by atoms with Crippen LogP contribution in [-0.2, 0) is 0 Å². The van der Waals surface area contributed by atoms with Gasteiger partial charge in [0.1, 0.15) is 11.8 Å². The topological polar surface area (TPSA) is 12.5 Å². The van der Waals surface area contributed by atoms with Crippen molar-refractivity contribution in [1.29, 1.82) is 0 Å². The van der Waals surface area contributed by atoms with Gasteiger partial charge >= 0.3 is 0 Å². The van der Waals surface area contributed by atoms with Crippen molar-refractivity contribution in [2.75, 3.05) is 20.6 Å². The van der Waals surface area contributed by atoms with Crippen LogP contribution in [0.3, 0.4) is 0 Å². The third-order valence-corrected chi connectivity index (χ3v) is 4.39. The van der Waals surface area contributed by atoms with E-state index in [-0.39, 0.29) is 0 Å². The molecule has 3 heteroatoms. The molecule has 1 aromatic heterocycles. The predicted molar refractivity (Wildman–Crippen MR) is 94.8 cm³/mol. The monoisotopic (exact) mass is 313 g/mol. The zero-order chi connectivity index (χ0) is 17.2. The Balaban J connectivity index is 2.01. The molecule has 114 valence electrons. The van der Waals surface area contributed by atoms with Crippen LogP contribution in [0.1, 0.15) is 20.1 Å². The van der Waals surface area contributed by atoms with Crippen LogP contribution < -0.4 is 4.74 Å². The molecular formula is C19H21NOS. The van der Waals surface area contributed by atoms with Gasteiger partial charge < -0.3 is 9.64 Å². The standard InChI is InChI=1S/C19H21NOS/c1-20(2)13-12-18(19-11-6-14-22-19)21-17-10-5-8-15-7-3-4-9-16(15)17/h3-11,14,18H,12-13H2,1-2H3/i8D,18D. The summed E-state index contributed by atoms with van der Waals surface area (Å²) in [5.74, 6) is 0.656. The molecule has 3 rings (SSSR count). The third-order valence-electron chi connectivity index (χ3n) is 3.48. The van der Waals surface area contributed by atoms with Crippen LogP contribution in [0.15, 0.2) is 60.0 Å². The summed E-state index contributed by atoms with van der Waals surface area (Å²) in [4.78, 5) is 2.95. The summed E-state index contributed by atoms with van der Waals surface area (Å²) in [6, 6.07) is 15.6. The van der Waals surface area contributed by atoms with Crippen LogP contribution in [0, 0.1) is 0 Å². The van der Waals surface area contributed by atoms with E-state index in [2.05, 4.69) is 4.90 Å². The largest absolute Gasteiger partial charge is 0.484 e. The number of ether oxygens (including phenoxy) is 1. The quantitative estimate of drug-likeness (QED) is 0.637. The van der Waals surface area contributed by atoms with Crippen molar-refractivity contribution in [2.24, 2.45) is 0 Å². The average molecular weight is 313 g/mol. The molecule has 0 amide bonds. The average Bonchev–Trinajstić information content (AvgIpc) is 3.11. The van der Waals surface area contributed by atoms with Gasteiger partial charge in [0.15, 0.2) is 0 Å². The van der Waals surface area contributed by atoms with Gasteiger partial charge in [-0.1, -0.05) is 42.4 Å². The van der Waals surface area contributed by atoms with E-state index in [1.54, 1.807) is 23.5 Å². The Bertz CT molecular complexity index is 819. The van der Waals surface area contributed by atoms with E-state index in [0.29, 0.717) is 18.2 Å².